The van der Waals surface area contributed by atoms with Gasteiger partial charge in [-0.1, -0.05) is 12.1 Å². The van der Waals surface area contributed by atoms with Gasteiger partial charge in [0.15, 0.2) is 5.82 Å². The molecule has 1 N–H and O–H groups in total. The van der Waals surface area contributed by atoms with Crippen LogP contribution < -0.4 is 10.1 Å². The van der Waals surface area contributed by atoms with Gasteiger partial charge in [0.1, 0.15) is 5.75 Å². The van der Waals surface area contributed by atoms with Crippen LogP contribution in [0.5, 0.6) is 5.75 Å². The summed E-state index contributed by atoms with van der Waals surface area (Å²) in [4.78, 5) is 16.3. The highest BCUT2D eigenvalue weighted by atomic mass is 19.3. The van der Waals surface area contributed by atoms with Crippen molar-refractivity contribution in [1.82, 2.24) is 20.1 Å². The first kappa shape index (κ1) is 16.6. The molecule has 2 heterocycles. The zero-order valence-electron chi connectivity index (χ0n) is 13.0. The van der Waals surface area contributed by atoms with E-state index in [1.54, 1.807) is 47.4 Å². The van der Waals surface area contributed by atoms with E-state index in [2.05, 4.69) is 20.1 Å². The number of rotatable bonds is 6. The Kier molecular flexibility index (Phi) is 4.98. The summed E-state index contributed by atoms with van der Waals surface area (Å²) in [7, 11) is 0. The number of nitrogens with one attached hydrogen (secondary N) is 1. The fourth-order valence-corrected chi connectivity index (χ4v) is 2.13. The van der Waals surface area contributed by atoms with Crippen molar-refractivity contribution in [1.29, 1.82) is 0 Å². The molecule has 0 aliphatic heterocycles. The van der Waals surface area contributed by atoms with E-state index in [-0.39, 0.29) is 18.2 Å². The first-order valence-electron chi connectivity index (χ1n) is 7.40. The average Bonchev–Trinajstić information content (AvgIpc) is 3.15. The number of halogens is 2. The number of ether oxygens (including phenoxy) is 1. The van der Waals surface area contributed by atoms with Gasteiger partial charge in [0.05, 0.1) is 5.56 Å². The molecule has 0 spiro atoms. The monoisotopic (exact) mass is 344 g/mol. The first-order valence-corrected chi connectivity index (χ1v) is 7.40. The van der Waals surface area contributed by atoms with Gasteiger partial charge in [-0.05, 0) is 35.9 Å². The minimum Gasteiger partial charge on any atom is -0.435 e. The number of nitrogens with zero attached hydrogens (tertiary/aromatic N) is 3. The Hall–Kier alpha value is -3.29. The molecule has 25 heavy (non-hydrogen) atoms. The third-order valence-corrected chi connectivity index (χ3v) is 3.35. The summed E-state index contributed by atoms with van der Waals surface area (Å²) >= 11 is 0. The Morgan fingerprint density at radius 2 is 2.00 bits per heavy atom. The number of hydrogen-bond acceptors (Lipinski definition) is 4. The molecule has 0 radical (unpaired) electrons. The van der Waals surface area contributed by atoms with E-state index < -0.39 is 6.61 Å². The maximum atomic E-state index is 12.1. The van der Waals surface area contributed by atoms with Gasteiger partial charge in [0.2, 0.25) is 0 Å². The molecule has 0 saturated heterocycles. The van der Waals surface area contributed by atoms with Gasteiger partial charge in [0, 0.05) is 25.1 Å². The maximum Gasteiger partial charge on any atom is 0.387 e. The third kappa shape index (κ3) is 4.37. The molecule has 0 saturated carbocycles. The summed E-state index contributed by atoms with van der Waals surface area (Å²) in [5, 5.41) is 6.80. The zero-order valence-corrected chi connectivity index (χ0v) is 13.0. The Balaban J connectivity index is 1.57. The number of carbonyl (C=O) groups is 1. The molecular formula is C17H14F2N4O2. The maximum absolute atomic E-state index is 12.1. The number of carbonyl (C=O) groups excluding carboxylic acids is 1. The van der Waals surface area contributed by atoms with Gasteiger partial charge < -0.3 is 10.1 Å². The predicted octanol–water partition coefficient (Wildman–Crippen LogP) is 2.80. The molecular weight excluding hydrogens is 330 g/mol. The van der Waals surface area contributed by atoms with Gasteiger partial charge >= 0.3 is 6.61 Å². The fraction of sp³-hybridized carbons (Fsp3) is 0.118. The summed E-state index contributed by atoms with van der Waals surface area (Å²) < 4.78 is 30.0. The second kappa shape index (κ2) is 7.52. The predicted molar refractivity (Wildman–Crippen MR) is 85.6 cm³/mol. The van der Waals surface area contributed by atoms with Crippen molar-refractivity contribution < 1.29 is 18.3 Å². The van der Waals surface area contributed by atoms with E-state index in [0.29, 0.717) is 11.4 Å². The smallest absolute Gasteiger partial charge is 0.387 e. The molecule has 3 aromatic rings. The molecule has 0 atom stereocenters. The summed E-state index contributed by atoms with van der Waals surface area (Å²) in [6.45, 7) is -2.60. The van der Waals surface area contributed by atoms with E-state index in [9.17, 15) is 13.6 Å². The Labute approximate surface area is 142 Å². The molecule has 0 fully saturated rings. The lowest BCUT2D eigenvalue weighted by Crippen LogP contribution is -2.23. The third-order valence-electron chi connectivity index (χ3n) is 3.35. The average molecular weight is 344 g/mol. The number of aromatic nitrogens is 3. The van der Waals surface area contributed by atoms with Crippen molar-refractivity contribution >= 4 is 5.91 Å². The minimum atomic E-state index is -2.86. The molecule has 1 aromatic carbocycles. The van der Waals surface area contributed by atoms with Crippen LogP contribution in [0.2, 0.25) is 0 Å². The van der Waals surface area contributed by atoms with E-state index in [4.69, 9.17) is 0 Å². The van der Waals surface area contributed by atoms with Crippen LogP contribution in [-0.4, -0.2) is 27.3 Å². The highest BCUT2D eigenvalue weighted by Crippen LogP contribution is 2.15. The van der Waals surface area contributed by atoms with E-state index >= 15 is 0 Å². The Morgan fingerprint density at radius 3 is 2.60 bits per heavy atom. The molecule has 0 unspecified atom stereocenters. The quantitative estimate of drug-likeness (QED) is 0.747. The standard InChI is InChI=1S/C17H14F2N4O2/c18-17(19)25-14-5-2-12(3-6-14)10-21-16(24)13-4-7-15(20-11-13)23-9-1-8-22-23/h1-9,11,17H,10H2,(H,21,24). The Morgan fingerprint density at radius 1 is 1.20 bits per heavy atom. The highest BCUT2D eigenvalue weighted by Gasteiger charge is 2.08. The number of benzene rings is 1. The van der Waals surface area contributed by atoms with E-state index in [1.165, 1.54) is 18.3 Å². The SMILES string of the molecule is O=C(NCc1ccc(OC(F)F)cc1)c1ccc(-n2cccn2)nc1. The second-order valence-electron chi connectivity index (χ2n) is 5.06. The molecule has 3 rings (SSSR count). The van der Waals surface area contributed by atoms with Crippen molar-refractivity contribution in [2.24, 2.45) is 0 Å². The summed E-state index contributed by atoms with van der Waals surface area (Å²) in [5.74, 6) is 0.395. The van der Waals surface area contributed by atoms with Crippen molar-refractivity contribution in [3.05, 3.63) is 72.2 Å². The van der Waals surface area contributed by atoms with Crippen LogP contribution >= 0.6 is 0 Å². The van der Waals surface area contributed by atoms with Crippen LogP contribution in [0.15, 0.2) is 61.1 Å². The van der Waals surface area contributed by atoms with Crippen LogP contribution in [0, 0.1) is 0 Å². The Bertz CT molecular complexity index is 819. The van der Waals surface area contributed by atoms with Crippen LogP contribution in [0.3, 0.4) is 0 Å². The minimum absolute atomic E-state index is 0.0727. The lowest BCUT2D eigenvalue weighted by molar-refractivity contribution is -0.0498. The molecule has 8 heteroatoms. The first-order chi connectivity index (χ1) is 12.1. The summed E-state index contributed by atoms with van der Waals surface area (Å²) in [6.07, 6.45) is 4.86. The molecule has 1 amide bonds. The zero-order chi connectivity index (χ0) is 17.6. The van der Waals surface area contributed by atoms with Gasteiger partial charge in [-0.2, -0.15) is 13.9 Å². The van der Waals surface area contributed by atoms with Crippen LogP contribution in [0.4, 0.5) is 8.78 Å². The number of hydrogen-bond donors (Lipinski definition) is 1. The van der Waals surface area contributed by atoms with Crippen LogP contribution in [-0.2, 0) is 6.54 Å². The molecule has 0 bridgehead atoms. The molecule has 2 aromatic heterocycles. The topological polar surface area (TPSA) is 69.0 Å². The normalized spacial score (nSPS) is 10.7. The molecule has 128 valence electrons. The van der Waals surface area contributed by atoms with Crippen LogP contribution in [0.1, 0.15) is 15.9 Å². The van der Waals surface area contributed by atoms with Gasteiger partial charge in [-0.25, -0.2) is 9.67 Å². The molecule has 0 aliphatic rings. The van der Waals surface area contributed by atoms with Crippen molar-refractivity contribution in [2.75, 3.05) is 0 Å². The highest BCUT2D eigenvalue weighted by molar-refractivity contribution is 5.93. The second-order valence-corrected chi connectivity index (χ2v) is 5.06. The van der Waals surface area contributed by atoms with E-state index in [1.807, 2.05) is 0 Å². The molecule has 6 nitrogen and oxygen atoms in total. The summed E-state index contributed by atoms with van der Waals surface area (Å²) in [6, 6.07) is 11.2. The van der Waals surface area contributed by atoms with Gasteiger partial charge in [-0.15, -0.1) is 0 Å². The number of pyridine rings is 1. The van der Waals surface area contributed by atoms with Crippen molar-refractivity contribution in [3.8, 4) is 11.6 Å². The summed E-state index contributed by atoms with van der Waals surface area (Å²) in [5.41, 5.74) is 1.17. The lowest BCUT2D eigenvalue weighted by atomic mass is 10.2. The lowest BCUT2D eigenvalue weighted by Gasteiger charge is -2.08. The fourth-order valence-electron chi connectivity index (χ4n) is 2.13. The van der Waals surface area contributed by atoms with Crippen molar-refractivity contribution in [3.63, 3.8) is 0 Å². The van der Waals surface area contributed by atoms with Crippen LogP contribution in [0.25, 0.3) is 5.82 Å². The largest absolute Gasteiger partial charge is 0.435 e. The molecule has 0 aliphatic carbocycles. The number of alkyl halides is 2. The number of amides is 1. The van der Waals surface area contributed by atoms with E-state index in [0.717, 1.165) is 5.56 Å². The van der Waals surface area contributed by atoms with Crippen molar-refractivity contribution in [2.45, 2.75) is 13.2 Å². The van der Waals surface area contributed by atoms with Gasteiger partial charge in [0.25, 0.3) is 5.91 Å². The van der Waals surface area contributed by atoms with Gasteiger partial charge in [-0.3, -0.25) is 4.79 Å².